The maximum atomic E-state index is 12.4. The molecule has 3 heteroatoms. The maximum absolute atomic E-state index is 12.4. The molecule has 1 aromatic carbocycles. The number of anilines is 1. The molecule has 3 aliphatic rings. The van der Waals surface area contributed by atoms with Crippen LogP contribution >= 0.6 is 0 Å². The zero-order chi connectivity index (χ0) is 14.9. The van der Waals surface area contributed by atoms with Crippen molar-refractivity contribution in [3.8, 4) is 0 Å². The maximum Gasteiger partial charge on any atom is 0.251 e. The summed E-state index contributed by atoms with van der Waals surface area (Å²) in [5.41, 5.74) is 2.07. The van der Waals surface area contributed by atoms with Crippen molar-refractivity contribution in [2.24, 2.45) is 11.8 Å². The topological polar surface area (TPSA) is 32.3 Å². The average molecular weight is 298 g/mol. The van der Waals surface area contributed by atoms with Crippen LogP contribution in [0.1, 0.15) is 55.3 Å². The number of amides is 1. The SMILES string of the molecule is O=C(N[C@H]1C[C@H]2CC[C@H]1C2)c1ccc(N2CCCCC2)cc1. The van der Waals surface area contributed by atoms with Gasteiger partial charge in [-0.3, -0.25) is 4.79 Å². The molecule has 1 saturated heterocycles. The number of nitrogens with one attached hydrogen (secondary N) is 1. The highest BCUT2D eigenvalue weighted by molar-refractivity contribution is 5.94. The highest BCUT2D eigenvalue weighted by Gasteiger charge is 2.40. The molecule has 1 N–H and O–H groups in total. The predicted molar refractivity (Wildman–Crippen MR) is 89.2 cm³/mol. The first kappa shape index (κ1) is 14.1. The van der Waals surface area contributed by atoms with Gasteiger partial charge < -0.3 is 10.2 Å². The highest BCUT2D eigenvalue weighted by Crippen LogP contribution is 2.44. The summed E-state index contributed by atoms with van der Waals surface area (Å²) in [5, 5.41) is 3.27. The molecule has 2 saturated carbocycles. The molecule has 2 bridgehead atoms. The van der Waals surface area contributed by atoms with E-state index < -0.39 is 0 Å². The molecule has 3 nitrogen and oxygen atoms in total. The van der Waals surface area contributed by atoms with Gasteiger partial charge >= 0.3 is 0 Å². The Morgan fingerprint density at radius 2 is 1.77 bits per heavy atom. The van der Waals surface area contributed by atoms with E-state index in [1.54, 1.807) is 0 Å². The van der Waals surface area contributed by atoms with E-state index in [2.05, 4.69) is 22.3 Å². The number of carbonyl (C=O) groups is 1. The summed E-state index contributed by atoms with van der Waals surface area (Å²) >= 11 is 0. The Kier molecular flexibility index (Phi) is 3.81. The summed E-state index contributed by atoms with van der Waals surface area (Å²) in [6.45, 7) is 2.30. The Morgan fingerprint density at radius 1 is 1.00 bits per heavy atom. The Balaban J connectivity index is 1.38. The van der Waals surface area contributed by atoms with Crippen LogP contribution in [0.25, 0.3) is 0 Å². The quantitative estimate of drug-likeness (QED) is 0.925. The molecule has 4 rings (SSSR count). The lowest BCUT2D eigenvalue weighted by Crippen LogP contribution is -2.38. The van der Waals surface area contributed by atoms with Crippen LogP contribution in [-0.2, 0) is 0 Å². The van der Waals surface area contributed by atoms with Gasteiger partial charge in [-0.05, 0) is 74.6 Å². The third-order valence-corrected chi connectivity index (χ3v) is 5.91. The first-order chi connectivity index (χ1) is 10.8. The van der Waals surface area contributed by atoms with E-state index in [-0.39, 0.29) is 5.91 Å². The van der Waals surface area contributed by atoms with Crippen molar-refractivity contribution in [2.45, 2.75) is 51.0 Å². The van der Waals surface area contributed by atoms with Crippen LogP contribution in [0.5, 0.6) is 0 Å². The second-order valence-corrected chi connectivity index (χ2v) is 7.35. The number of rotatable bonds is 3. The molecule has 0 unspecified atom stereocenters. The second-order valence-electron chi connectivity index (χ2n) is 7.35. The zero-order valence-corrected chi connectivity index (χ0v) is 13.3. The fourth-order valence-electron chi connectivity index (χ4n) is 4.65. The van der Waals surface area contributed by atoms with Crippen LogP contribution in [0.2, 0.25) is 0 Å². The van der Waals surface area contributed by atoms with Gasteiger partial charge in [0, 0.05) is 30.4 Å². The van der Waals surface area contributed by atoms with Crippen molar-refractivity contribution in [3.05, 3.63) is 29.8 Å². The molecular formula is C19H26N2O. The summed E-state index contributed by atoms with van der Waals surface area (Å²) in [5.74, 6) is 1.72. The normalized spacial score (nSPS) is 30.5. The fourth-order valence-corrected chi connectivity index (χ4v) is 4.65. The molecule has 0 radical (unpaired) electrons. The Morgan fingerprint density at radius 3 is 2.41 bits per heavy atom. The smallest absolute Gasteiger partial charge is 0.251 e. The zero-order valence-electron chi connectivity index (χ0n) is 13.3. The van der Waals surface area contributed by atoms with E-state index >= 15 is 0 Å². The first-order valence-electron chi connectivity index (χ1n) is 8.95. The molecule has 118 valence electrons. The average Bonchev–Trinajstić information content (AvgIpc) is 3.19. The van der Waals surface area contributed by atoms with Crippen molar-refractivity contribution in [3.63, 3.8) is 0 Å². The lowest BCUT2D eigenvalue weighted by molar-refractivity contribution is 0.0923. The highest BCUT2D eigenvalue weighted by atomic mass is 16.1. The number of piperidine rings is 1. The van der Waals surface area contributed by atoms with Gasteiger partial charge in [0.15, 0.2) is 0 Å². The minimum Gasteiger partial charge on any atom is -0.372 e. The largest absolute Gasteiger partial charge is 0.372 e. The molecule has 1 amide bonds. The lowest BCUT2D eigenvalue weighted by atomic mass is 9.95. The van der Waals surface area contributed by atoms with Crippen LogP contribution in [-0.4, -0.2) is 25.0 Å². The molecule has 3 fully saturated rings. The number of nitrogens with zero attached hydrogens (tertiary/aromatic N) is 1. The van der Waals surface area contributed by atoms with Crippen LogP contribution < -0.4 is 10.2 Å². The number of hydrogen-bond donors (Lipinski definition) is 1. The number of fused-ring (bicyclic) bond motifs is 2. The first-order valence-corrected chi connectivity index (χ1v) is 8.95. The molecule has 0 aromatic heterocycles. The third kappa shape index (κ3) is 2.73. The lowest BCUT2D eigenvalue weighted by Gasteiger charge is -2.29. The molecule has 22 heavy (non-hydrogen) atoms. The van der Waals surface area contributed by atoms with Gasteiger partial charge in [-0.25, -0.2) is 0 Å². The third-order valence-electron chi connectivity index (χ3n) is 5.91. The van der Waals surface area contributed by atoms with Crippen LogP contribution in [0.15, 0.2) is 24.3 Å². The summed E-state index contributed by atoms with van der Waals surface area (Å²) in [6, 6.07) is 8.63. The van der Waals surface area contributed by atoms with Gasteiger partial charge in [0.1, 0.15) is 0 Å². The van der Waals surface area contributed by atoms with Crippen LogP contribution in [0.3, 0.4) is 0 Å². The van der Waals surface area contributed by atoms with E-state index in [4.69, 9.17) is 0 Å². The summed E-state index contributed by atoms with van der Waals surface area (Å²) in [4.78, 5) is 14.9. The standard InChI is InChI=1S/C19H26N2O/c22-19(20-18-13-14-4-5-16(18)12-14)15-6-8-17(9-7-15)21-10-2-1-3-11-21/h6-9,14,16,18H,1-5,10-13H2,(H,20,22)/t14-,16-,18-/m0/s1. The summed E-state index contributed by atoms with van der Waals surface area (Å²) in [7, 11) is 0. The van der Waals surface area contributed by atoms with Gasteiger partial charge in [0.05, 0.1) is 0 Å². The minimum absolute atomic E-state index is 0.114. The Hall–Kier alpha value is -1.51. The van der Waals surface area contributed by atoms with Crippen LogP contribution in [0.4, 0.5) is 5.69 Å². The van der Waals surface area contributed by atoms with Gasteiger partial charge in [-0.15, -0.1) is 0 Å². The molecule has 2 aliphatic carbocycles. The van der Waals surface area contributed by atoms with Gasteiger partial charge in [-0.2, -0.15) is 0 Å². The predicted octanol–water partition coefficient (Wildman–Crippen LogP) is 3.60. The molecule has 1 aliphatic heterocycles. The molecule has 0 spiro atoms. The van der Waals surface area contributed by atoms with Crippen molar-refractivity contribution in [1.29, 1.82) is 0 Å². The molecular weight excluding hydrogens is 272 g/mol. The van der Waals surface area contributed by atoms with E-state index in [1.807, 2.05) is 12.1 Å². The molecule has 1 heterocycles. The summed E-state index contributed by atoms with van der Waals surface area (Å²) < 4.78 is 0. The number of benzene rings is 1. The van der Waals surface area contributed by atoms with Crippen LogP contribution in [0, 0.1) is 11.8 Å². The van der Waals surface area contributed by atoms with Crippen molar-refractivity contribution in [2.75, 3.05) is 18.0 Å². The van der Waals surface area contributed by atoms with Gasteiger partial charge in [-0.1, -0.05) is 6.42 Å². The number of hydrogen-bond acceptors (Lipinski definition) is 2. The monoisotopic (exact) mass is 298 g/mol. The molecule has 1 aromatic rings. The van der Waals surface area contributed by atoms with Gasteiger partial charge in [0.2, 0.25) is 0 Å². The second kappa shape index (κ2) is 5.94. The van der Waals surface area contributed by atoms with E-state index in [1.165, 1.54) is 50.6 Å². The fraction of sp³-hybridized carbons (Fsp3) is 0.632. The van der Waals surface area contributed by atoms with Gasteiger partial charge in [0.25, 0.3) is 5.91 Å². The number of carbonyl (C=O) groups excluding carboxylic acids is 1. The Labute approximate surface area is 133 Å². The van der Waals surface area contributed by atoms with E-state index in [0.717, 1.165) is 30.5 Å². The molecule has 3 atom stereocenters. The van der Waals surface area contributed by atoms with Crippen molar-refractivity contribution < 1.29 is 4.79 Å². The minimum atomic E-state index is 0.114. The van der Waals surface area contributed by atoms with E-state index in [9.17, 15) is 4.79 Å². The van der Waals surface area contributed by atoms with E-state index in [0.29, 0.717) is 6.04 Å². The Bertz CT molecular complexity index is 533. The van der Waals surface area contributed by atoms with Crippen molar-refractivity contribution >= 4 is 11.6 Å². The summed E-state index contributed by atoms with van der Waals surface area (Å²) in [6.07, 6.45) is 9.13. The van der Waals surface area contributed by atoms with Crippen molar-refractivity contribution in [1.82, 2.24) is 5.32 Å².